The number of benzene rings is 2. The van der Waals surface area contributed by atoms with Gasteiger partial charge in [-0.3, -0.25) is 10.1 Å². The molecule has 24 heavy (non-hydrogen) atoms. The molecule has 2 aromatic rings. The van der Waals surface area contributed by atoms with Crippen molar-refractivity contribution in [1.82, 2.24) is 0 Å². The summed E-state index contributed by atoms with van der Waals surface area (Å²) in [6.45, 7) is 0. The highest BCUT2D eigenvalue weighted by Crippen LogP contribution is 2.48. The molecule has 3 rings (SSSR count). The molecule has 0 amide bonds. The molecule has 8 heteroatoms. The summed E-state index contributed by atoms with van der Waals surface area (Å²) in [4.78, 5) is 10.4. The van der Waals surface area contributed by atoms with Gasteiger partial charge < -0.3 is 20.7 Å². The Labute approximate surface area is 135 Å². The number of nitriles is 1. The van der Waals surface area contributed by atoms with Crippen LogP contribution in [0.2, 0.25) is 0 Å². The van der Waals surface area contributed by atoms with Crippen molar-refractivity contribution < 1.29 is 19.9 Å². The fourth-order valence-electron chi connectivity index (χ4n) is 2.70. The number of phenols is 2. The van der Waals surface area contributed by atoms with Gasteiger partial charge in [0.15, 0.2) is 0 Å². The third-order valence-corrected chi connectivity index (χ3v) is 3.70. The maximum absolute atomic E-state index is 11.0. The summed E-state index contributed by atoms with van der Waals surface area (Å²) in [6, 6.07) is 9.96. The molecule has 0 aliphatic carbocycles. The van der Waals surface area contributed by atoms with E-state index in [-0.39, 0.29) is 40.0 Å². The van der Waals surface area contributed by atoms with Gasteiger partial charge in [0.2, 0.25) is 5.88 Å². The maximum atomic E-state index is 11.0. The highest BCUT2D eigenvalue weighted by molar-refractivity contribution is 5.62. The number of allylic oxidation sites excluding steroid dienone is 1. The summed E-state index contributed by atoms with van der Waals surface area (Å²) in [5.41, 5.74) is 6.23. The number of phenolic OH excluding ortho intramolecular Hbond substituents is 2. The number of nitro groups is 1. The number of fused-ring (bicyclic) bond motifs is 1. The van der Waals surface area contributed by atoms with E-state index < -0.39 is 10.8 Å². The van der Waals surface area contributed by atoms with Crippen LogP contribution in [0.15, 0.2) is 47.9 Å². The second-order valence-corrected chi connectivity index (χ2v) is 5.15. The van der Waals surface area contributed by atoms with Crippen LogP contribution >= 0.6 is 0 Å². The minimum absolute atomic E-state index is 0.0176. The molecule has 2 aromatic carbocycles. The SMILES string of the molecule is N#CC1=C(N)Oc2cc(O)cc(O)c2[C@@H]1c1cccc([N+](=O)[O-])c1. The van der Waals surface area contributed by atoms with Gasteiger partial charge in [0, 0.05) is 29.8 Å². The van der Waals surface area contributed by atoms with Crippen LogP contribution < -0.4 is 10.5 Å². The van der Waals surface area contributed by atoms with Crippen LogP contribution in [0.5, 0.6) is 17.2 Å². The number of non-ortho nitro benzene ring substituents is 1. The maximum Gasteiger partial charge on any atom is 0.269 e. The van der Waals surface area contributed by atoms with E-state index in [1.165, 1.54) is 24.3 Å². The molecule has 1 atom stereocenters. The molecule has 120 valence electrons. The van der Waals surface area contributed by atoms with E-state index in [1.54, 1.807) is 6.07 Å². The normalized spacial score (nSPS) is 16.0. The Morgan fingerprint density at radius 2 is 2.04 bits per heavy atom. The van der Waals surface area contributed by atoms with Crippen LogP contribution in [0.4, 0.5) is 5.69 Å². The second-order valence-electron chi connectivity index (χ2n) is 5.15. The van der Waals surface area contributed by atoms with Gasteiger partial charge in [-0.2, -0.15) is 5.26 Å². The van der Waals surface area contributed by atoms with Gasteiger partial charge >= 0.3 is 0 Å². The zero-order valence-electron chi connectivity index (χ0n) is 12.1. The summed E-state index contributed by atoms with van der Waals surface area (Å²) >= 11 is 0. The summed E-state index contributed by atoms with van der Waals surface area (Å²) in [7, 11) is 0. The van der Waals surface area contributed by atoms with Gasteiger partial charge in [-0.15, -0.1) is 0 Å². The first-order valence-corrected chi connectivity index (χ1v) is 6.80. The summed E-state index contributed by atoms with van der Waals surface area (Å²) < 4.78 is 5.31. The van der Waals surface area contributed by atoms with E-state index in [0.29, 0.717) is 5.56 Å². The lowest BCUT2D eigenvalue weighted by atomic mass is 9.83. The molecule has 4 N–H and O–H groups in total. The van der Waals surface area contributed by atoms with Crippen LogP contribution in [0.3, 0.4) is 0 Å². The minimum atomic E-state index is -0.848. The molecule has 1 aliphatic heterocycles. The number of aromatic hydroxyl groups is 2. The van der Waals surface area contributed by atoms with Crippen LogP contribution in [-0.4, -0.2) is 15.1 Å². The molecule has 0 fully saturated rings. The molecule has 8 nitrogen and oxygen atoms in total. The first-order chi connectivity index (χ1) is 11.4. The Hall–Kier alpha value is -3.73. The van der Waals surface area contributed by atoms with E-state index >= 15 is 0 Å². The lowest BCUT2D eigenvalue weighted by Crippen LogP contribution is -2.21. The Morgan fingerprint density at radius 1 is 1.29 bits per heavy atom. The number of hydrogen-bond donors (Lipinski definition) is 3. The Kier molecular flexibility index (Phi) is 3.46. The largest absolute Gasteiger partial charge is 0.508 e. The van der Waals surface area contributed by atoms with E-state index in [0.717, 1.165) is 6.07 Å². The Balaban J connectivity index is 2.28. The van der Waals surface area contributed by atoms with Gasteiger partial charge in [0.05, 0.1) is 10.8 Å². The first kappa shape index (κ1) is 15.2. The van der Waals surface area contributed by atoms with Crippen LogP contribution in [-0.2, 0) is 0 Å². The number of ether oxygens (including phenoxy) is 1. The fourth-order valence-corrected chi connectivity index (χ4v) is 2.70. The first-order valence-electron chi connectivity index (χ1n) is 6.80. The van der Waals surface area contributed by atoms with Crippen molar-refractivity contribution in [2.75, 3.05) is 0 Å². The molecule has 0 saturated heterocycles. The average molecular weight is 325 g/mol. The zero-order chi connectivity index (χ0) is 17.4. The number of rotatable bonds is 2. The number of nitrogens with two attached hydrogens (primary N) is 1. The quantitative estimate of drug-likeness (QED) is 0.567. The van der Waals surface area contributed by atoms with Crippen molar-refractivity contribution in [3.8, 4) is 23.3 Å². The number of nitro benzene ring substituents is 1. The van der Waals surface area contributed by atoms with Gasteiger partial charge in [-0.1, -0.05) is 12.1 Å². The van der Waals surface area contributed by atoms with Crippen molar-refractivity contribution in [1.29, 1.82) is 5.26 Å². The van der Waals surface area contributed by atoms with Crippen molar-refractivity contribution in [2.24, 2.45) is 5.73 Å². The molecule has 1 heterocycles. The lowest BCUT2D eigenvalue weighted by Gasteiger charge is -2.27. The highest BCUT2D eigenvalue weighted by Gasteiger charge is 2.34. The predicted octanol–water partition coefficient (Wildman–Crippen LogP) is 2.22. The molecule has 0 aromatic heterocycles. The Bertz CT molecular complexity index is 930. The van der Waals surface area contributed by atoms with E-state index in [9.17, 15) is 25.6 Å². The molecule has 0 radical (unpaired) electrons. The van der Waals surface area contributed by atoms with Crippen molar-refractivity contribution >= 4 is 5.69 Å². The van der Waals surface area contributed by atoms with Gasteiger partial charge in [-0.25, -0.2) is 0 Å². The molecular formula is C16H11N3O5. The number of nitrogens with zero attached hydrogens (tertiary/aromatic N) is 2. The summed E-state index contributed by atoms with van der Waals surface area (Å²) in [5.74, 6) is -1.50. The smallest absolute Gasteiger partial charge is 0.269 e. The molecule has 0 saturated carbocycles. The van der Waals surface area contributed by atoms with E-state index in [2.05, 4.69) is 0 Å². The summed E-state index contributed by atoms with van der Waals surface area (Å²) in [6.07, 6.45) is 0. The van der Waals surface area contributed by atoms with Crippen molar-refractivity contribution in [3.05, 3.63) is 69.1 Å². The lowest BCUT2D eigenvalue weighted by molar-refractivity contribution is -0.384. The minimum Gasteiger partial charge on any atom is -0.508 e. The van der Waals surface area contributed by atoms with E-state index in [4.69, 9.17) is 10.5 Å². The second kappa shape index (κ2) is 5.48. The third-order valence-electron chi connectivity index (χ3n) is 3.70. The third kappa shape index (κ3) is 2.34. The van der Waals surface area contributed by atoms with Crippen LogP contribution in [0, 0.1) is 21.4 Å². The standard InChI is InChI=1S/C16H11N3O5/c17-7-11-14(8-2-1-3-9(4-8)19(22)23)15-12(21)5-10(20)6-13(15)24-16(11)18/h1-6,14,20-21H,18H2/t14-/m1/s1. The van der Waals surface area contributed by atoms with E-state index in [1.807, 2.05) is 6.07 Å². The highest BCUT2D eigenvalue weighted by atomic mass is 16.6. The van der Waals surface area contributed by atoms with Crippen LogP contribution in [0.25, 0.3) is 0 Å². The van der Waals surface area contributed by atoms with Crippen molar-refractivity contribution in [2.45, 2.75) is 5.92 Å². The van der Waals surface area contributed by atoms with Gasteiger partial charge in [0.25, 0.3) is 5.69 Å². The van der Waals surface area contributed by atoms with Gasteiger partial charge in [-0.05, 0) is 5.56 Å². The molecule has 0 spiro atoms. The average Bonchev–Trinajstić information content (AvgIpc) is 2.53. The predicted molar refractivity (Wildman–Crippen MR) is 82.2 cm³/mol. The topological polar surface area (TPSA) is 143 Å². The van der Waals surface area contributed by atoms with Crippen molar-refractivity contribution in [3.63, 3.8) is 0 Å². The monoisotopic (exact) mass is 325 g/mol. The molecular weight excluding hydrogens is 314 g/mol. The van der Waals surface area contributed by atoms with Gasteiger partial charge in [0.1, 0.15) is 28.9 Å². The molecule has 0 unspecified atom stereocenters. The fraction of sp³-hybridized carbons (Fsp3) is 0.0625. The summed E-state index contributed by atoms with van der Waals surface area (Å²) in [5, 5.41) is 40.2. The molecule has 0 bridgehead atoms. The Morgan fingerprint density at radius 3 is 2.71 bits per heavy atom. The number of hydrogen-bond acceptors (Lipinski definition) is 7. The molecule has 1 aliphatic rings. The zero-order valence-corrected chi connectivity index (χ0v) is 12.1. The van der Waals surface area contributed by atoms with Crippen LogP contribution in [0.1, 0.15) is 17.0 Å².